The zero-order chi connectivity index (χ0) is 23.6. The topological polar surface area (TPSA) is 104 Å². The lowest BCUT2D eigenvalue weighted by atomic mass is 10.1. The van der Waals surface area contributed by atoms with Crippen molar-refractivity contribution in [3.63, 3.8) is 0 Å². The van der Waals surface area contributed by atoms with E-state index in [9.17, 15) is 21.6 Å². The number of amides is 1. The van der Waals surface area contributed by atoms with E-state index in [-0.39, 0.29) is 21.4 Å². The number of hydrogen-bond donors (Lipinski definition) is 1. The highest BCUT2D eigenvalue weighted by Crippen LogP contribution is 2.28. The third-order valence-corrected chi connectivity index (χ3v) is 9.50. The first kappa shape index (κ1) is 23.7. The lowest BCUT2D eigenvalue weighted by molar-refractivity contribution is 0.0793. The number of hydrogen-bond acceptors (Lipinski definition) is 5. The minimum atomic E-state index is -4.03. The van der Waals surface area contributed by atoms with Gasteiger partial charge < -0.3 is 4.90 Å². The number of carbonyl (C=O) groups is 1. The second-order valence-corrected chi connectivity index (χ2v) is 12.2. The van der Waals surface area contributed by atoms with Crippen molar-refractivity contribution < 1.29 is 21.6 Å². The first-order chi connectivity index (χ1) is 15.7. The summed E-state index contributed by atoms with van der Waals surface area (Å²) in [7, 11) is -7.68. The zero-order valence-electron chi connectivity index (χ0n) is 18.7. The molecular formula is C23H29N3O5S2. The predicted octanol–water partition coefficient (Wildman–Crippen LogP) is 3.21. The summed E-state index contributed by atoms with van der Waals surface area (Å²) in [5, 5.41) is 0. The molecule has 0 atom stereocenters. The number of anilines is 1. The molecule has 2 aliphatic rings. The van der Waals surface area contributed by atoms with Crippen LogP contribution in [0.15, 0.2) is 52.3 Å². The van der Waals surface area contributed by atoms with Gasteiger partial charge in [-0.05, 0) is 68.5 Å². The average molecular weight is 492 g/mol. The van der Waals surface area contributed by atoms with E-state index in [0.717, 1.165) is 32.1 Å². The number of benzene rings is 2. The van der Waals surface area contributed by atoms with Crippen molar-refractivity contribution in [1.29, 1.82) is 0 Å². The van der Waals surface area contributed by atoms with Gasteiger partial charge in [-0.1, -0.05) is 18.6 Å². The maximum absolute atomic E-state index is 13.1. The van der Waals surface area contributed by atoms with E-state index in [1.165, 1.54) is 28.6 Å². The highest BCUT2D eigenvalue weighted by molar-refractivity contribution is 7.92. The molecule has 2 fully saturated rings. The van der Waals surface area contributed by atoms with Crippen molar-refractivity contribution in [2.45, 2.75) is 48.8 Å². The fourth-order valence-corrected chi connectivity index (χ4v) is 6.98. The van der Waals surface area contributed by atoms with Gasteiger partial charge in [0.1, 0.15) is 0 Å². The summed E-state index contributed by atoms with van der Waals surface area (Å²) in [5.74, 6) is -0.197. The van der Waals surface area contributed by atoms with Gasteiger partial charge in [-0.15, -0.1) is 0 Å². The van der Waals surface area contributed by atoms with Crippen molar-refractivity contribution in [3.8, 4) is 0 Å². The van der Waals surface area contributed by atoms with Crippen molar-refractivity contribution >= 4 is 31.6 Å². The molecule has 10 heteroatoms. The number of piperidine rings is 1. The molecule has 2 aromatic rings. The monoisotopic (exact) mass is 491 g/mol. The van der Waals surface area contributed by atoms with Crippen LogP contribution in [0.5, 0.6) is 0 Å². The van der Waals surface area contributed by atoms with Crippen molar-refractivity contribution in [2.75, 3.05) is 30.9 Å². The lowest BCUT2D eigenvalue weighted by Crippen LogP contribution is -2.35. The molecule has 0 bridgehead atoms. The Labute approximate surface area is 195 Å². The fraction of sp³-hybridized carbons (Fsp3) is 0.435. The van der Waals surface area contributed by atoms with Crippen LogP contribution < -0.4 is 4.72 Å². The molecule has 4 rings (SSSR count). The van der Waals surface area contributed by atoms with Crippen molar-refractivity contribution in [3.05, 3.63) is 53.6 Å². The number of aryl methyl sites for hydroxylation is 1. The second kappa shape index (κ2) is 9.44. The SMILES string of the molecule is Cc1cccc(C(=O)N2CCCC2)c1NS(=O)(=O)c1ccc(S(=O)(=O)N2CCCCC2)cc1. The van der Waals surface area contributed by atoms with Gasteiger partial charge in [0.15, 0.2) is 0 Å². The third-order valence-electron chi connectivity index (χ3n) is 6.22. The van der Waals surface area contributed by atoms with Gasteiger partial charge in [-0.2, -0.15) is 4.31 Å². The molecule has 0 aliphatic carbocycles. The van der Waals surface area contributed by atoms with Crippen molar-refractivity contribution in [1.82, 2.24) is 9.21 Å². The standard InChI is InChI=1S/C23H29N3O5S2/c1-18-8-7-9-21(23(27)25-14-5-6-15-25)22(18)24-32(28,29)19-10-12-20(13-11-19)33(30,31)26-16-3-2-4-17-26/h7-13,24H,2-6,14-17H2,1H3. The first-order valence-electron chi connectivity index (χ1n) is 11.2. The van der Waals surface area contributed by atoms with E-state index in [0.29, 0.717) is 37.3 Å². The maximum atomic E-state index is 13.1. The second-order valence-electron chi connectivity index (χ2n) is 8.54. The van der Waals surface area contributed by atoms with E-state index in [4.69, 9.17) is 0 Å². The summed E-state index contributed by atoms with van der Waals surface area (Å²) in [6, 6.07) is 10.3. The summed E-state index contributed by atoms with van der Waals surface area (Å²) in [6.45, 7) is 4.01. The van der Waals surface area contributed by atoms with Gasteiger partial charge in [-0.3, -0.25) is 9.52 Å². The predicted molar refractivity (Wildman–Crippen MR) is 126 cm³/mol. The summed E-state index contributed by atoms with van der Waals surface area (Å²) < 4.78 is 55.9. The van der Waals surface area contributed by atoms with Crippen LogP contribution in [0.2, 0.25) is 0 Å². The summed E-state index contributed by atoms with van der Waals surface area (Å²) in [4.78, 5) is 14.7. The largest absolute Gasteiger partial charge is 0.339 e. The molecular weight excluding hydrogens is 462 g/mol. The van der Waals surface area contributed by atoms with Crippen LogP contribution in [0.1, 0.15) is 48.0 Å². The van der Waals surface area contributed by atoms with Crippen LogP contribution in [0.25, 0.3) is 0 Å². The normalized spacial score (nSPS) is 17.8. The van der Waals surface area contributed by atoms with Gasteiger partial charge in [-0.25, -0.2) is 16.8 Å². The van der Waals surface area contributed by atoms with E-state index < -0.39 is 20.0 Å². The molecule has 33 heavy (non-hydrogen) atoms. The Morgan fingerprint density at radius 1 is 0.788 bits per heavy atom. The number of rotatable bonds is 6. The number of sulfonamides is 2. The Bertz CT molecular complexity index is 1230. The Kier molecular flexibility index (Phi) is 6.78. The highest BCUT2D eigenvalue weighted by atomic mass is 32.2. The highest BCUT2D eigenvalue weighted by Gasteiger charge is 2.28. The fourth-order valence-electron chi connectivity index (χ4n) is 4.31. The van der Waals surface area contributed by atoms with Crippen LogP contribution in [-0.4, -0.2) is 58.1 Å². The van der Waals surface area contributed by atoms with Crippen LogP contribution in [0.3, 0.4) is 0 Å². The number of para-hydroxylation sites is 1. The molecule has 8 nitrogen and oxygen atoms in total. The molecule has 0 saturated carbocycles. The molecule has 0 unspecified atom stereocenters. The summed E-state index contributed by atoms with van der Waals surface area (Å²) in [6.07, 6.45) is 4.53. The molecule has 0 spiro atoms. The van der Waals surface area contributed by atoms with E-state index in [2.05, 4.69) is 4.72 Å². The molecule has 2 aromatic carbocycles. The molecule has 2 heterocycles. The molecule has 2 aliphatic heterocycles. The molecule has 178 valence electrons. The minimum Gasteiger partial charge on any atom is -0.339 e. The number of nitrogens with zero attached hydrogens (tertiary/aromatic N) is 2. The van der Waals surface area contributed by atoms with Gasteiger partial charge in [0.2, 0.25) is 10.0 Å². The Morgan fingerprint density at radius 3 is 2.00 bits per heavy atom. The van der Waals surface area contributed by atoms with Crippen LogP contribution in [0.4, 0.5) is 5.69 Å². The lowest BCUT2D eigenvalue weighted by Gasteiger charge is -2.25. The zero-order valence-corrected chi connectivity index (χ0v) is 20.3. The quantitative estimate of drug-likeness (QED) is 0.668. The van der Waals surface area contributed by atoms with Crippen molar-refractivity contribution in [2.24, 2.45) is 0 Å². The smallest absolute Gasteiger partial charge is 0.261 e. The first-order valence-corrected chi connectivity index (χ1v) is 14.1. The number of likely N-dealkylation sites (tertiary alicyclic amines) is 1. The number of nitrogens with one attached hydrogen (secondary N) is 1. The summed E-state index contributed by atoms with van der Waals surface area (Å²) >= 11 is 0. The van der Waals surface area contributed by atoms with Crippen LogP contribution in [-0.2, 0) is 20.0 Å². The van der Waals surface area contributed by atoms with Gasteiger partial charge in [0, 0.05) is 26.2 Å². The Balaban J connectivity index is 1.59. The van der Waals surface area contributed by atoms with Crippen LogP contribution in [0, 0.1) is 6.92 Å². The average Bonchev–Trinajstić information content (AvgIpc) is 3.36. The minimum absolute atomic E-state index is 0.0667. The molecule has 1 amide bonds. The van der Waals surface area contributed by atoms with E-state index in [1.54, 1.807) is 30.0 Å². The van der Waals surface area contributed by atoms with Gasteiger partial charge in [0.05, 0.1) is 21.0 Å². The molecule has 0 radical (unpaired) electrons. The molecule has 2 saturated heterocycles. The third kappa shape index (κ3) is 4.92. The van der Waals surface area contributed by atoms with Gasteiger partial charge >= 0.3 is 0 Å². The maximum Gasteiger partial charge on any atom is 0.261 e. The van der Waals surface area contributed by atoms with E-state index >= 15 is 0 Å². The van der Waals surface area contributed by atoms with Gasteiger partial charge in [0.25, 0.3) is 15.9 Å². The molecule has 1 N–H and O–H groups in total. The molecule has 0 aromatic heterocycles. The summed E-state index contributed by atoms with van der Waals surface area (Å²) in [5.41, 5.74) is 1.19. The number of carbonyl (C=O) groups excluding carboxylic acids is 1. The van der Waals surface area contributed by atoms with Crippen LogP contribution >= 0.6 is 0 Å². The Morgan fingerprint density at radius 2 is 1.36 bits per heavy atom. The van der Waals surface area contributed by atoms with E-state index in [1.807, 2.05) is 0 Å². The Hall–Kier alpha value is -2.43.